The van der Waals surface area contributed by atoms with Crippen LogP contribution < -0.4 is 0 Å². The van der Waals surface area contributed by atoms with E-state index in [9.17, 15) is 9.59 Å². The van der Waals surface area contributed by atoms with Gasteiger partial charge in [0, 0.05) is 11.1 Å². The summed E-state index contributed by atoms with van der Waals surface area (Å²) in [6.07, 6.45) is 24.7. The molecule has 0 atom stereocenters. The maximum Gasteiger partial charge on any atom is 0.333 e. The average Bonchev–Trinajstić information content (AvgIpc) is 2.93. The van der Waals surface area contributed by atoms with E-state index in [2.05, 4.69) is 20.1 Å². The van der Waals surface area contributed by atoms with Gasteiger partial charge >= 0.3 is 11.9 Å². The van der Waals surface area contributed by atoms with Crippen LogP contribution in [0.3, 0.4) is 0 Å². The number of esters is 2. The van der Waals surface area contributed by atoms with E-state index in [1.54, 1.807) is 13.8 Å². The minimum absolute atomic E-state index is 0.253. The topological polar surface area (TPSA) is 52.6 Å². The number of hydrogen-bond acceptors (Lipinski definition) is 4. The lowest BCUT2D eigenvalue weighted by atomic mass is 10.0. The van der Waals surface area contributed by atoms with E-state index in [0.29, 0.717) is 24.4 Å². The molecule has 0 N–H and O–H groups in total. The molecule has 4 heteroatoms. The van der Waals surface area contributed by atoms with Crippen LogP contribution in [0.1, 0.15) is 142 Å². The second kappa shape index (κ2) is 27.2. The molecule has 0 aliphatic rings. The minimum atomic E-state index is -0.344. The number of ether oxygens (including phenoxy) is 2. The number of unbranched alkanes of at least 4 members (excludes halogenated alkanes) is 17. The molecule has 39 heavy (non-hydrogen) atoms. The third-order valence-electron chi connectivity index (χ3n) is 6.64. The molecule has 0 radical (unpaired) electrons. The third kappa shape index (κ3) is 25.7. The Morgan fingerprint density at radius 2 is 0.923 bits per heavy atom. The van der Waals surface area contributed by atoms with E-state index in [-0.39, 0.29) is 11.9 Å². The summed E-state index contributed by atoms with van der Waals surface area (Å²) in [5.74, 6) is -0.596. The Balaban J connectivity index is 0.000000921. The summed E-state index contributed by atoms with van der Waals surface area (Å²) in [5, 5.41) is 0. The summed E-state index contributed by atoms with van der Waals surface area (Å²) in [5.41, 5.74) is 1.90. The van der Waals surface area contributed by atoms with Crippen molar-refractivity contribution in [1.29, 1.82) is 0 Å². The first-order valence-corrected chi connectivity index (χ1v) is 15.6. The highest BCUT2D eigenvalue weighted by atomic mass is 16.5. The van der Waals surface area contributed by atoms with Crippen molar-refractivity contribution in [2.24, 2.45) is 0 Å². The van der Waals surface area contributed by atoms with Crippen LogP contribution in [-0.4, -0.2) is 18.5 Å². The SMILES string of the molecule is C=C(C)C(=O)OCCCCCCCCCCCCCCCCCCCC.C=C(C)C(=O)OCc1ccccc1. The van der Waals surface area contributed by atoms with Gasteiger partial charge in [0.25, 0.3) is 0 Å². The zero-order chi connectivity index (χ0) is 29.0. The fraction of sp³-hybridized carbons (Fsp3) is 0.657. The van der Waals surface area contributed by atoms with E-state index < -0.39 is 0 Å². The van der Waals surface area contributed by atoms with Gasteiger partial charge in [0.2, 0.25) is 0 Å². The lowest BCUT2D eigenvalue weighted by Crippen LogP contribution is -2.05. The van der Waals surface area contributed by atoms with Crippen LogP contribution in [0.2, 0.25) is 0 Å². The Bertz CT molecular complexity index is 753. The molecule has 0 bridgehead atoms. The molecule has 0 aliphatic heterocycles. The Morgan fingerprint density at radius 1 is 0.564 bits per heavy atom. The second-order valence-electron chi connectivity index (χ2n) is 10.8. The highest BCUT2D eigenvalue weighted by molar-refractivity contribution is 5.87. The first-order valence-electron chi connectivity index (χ1n) is 15.6. The maximum absolute atomic E-state index is 11.2. The van der Waals surface area contributed by atoms with Gasteiger partial charge < -0.3 is 9.47 Å². The van der Waals surface area contributed by atoms with Crippen molar-refractivity contribution in [1.82, 2.24) is 0 Å². The highest BCUT2D eigenvalue weighted by Gasteiger charge is 2.03. The number of benzene rings is 1. The molecule has 0 fully saturated rings. The van der Waals surface area contributed by atoms with Crippen LogP contribution in [0, 0.1) is 0 Å². The summed E-state index contributed by atoms with van der Waals surface area (Å²) in [6.45, 7) is 13.5. The van der Waals surface area contributed by atoms with Crippen LogP contribution in [0.4, 0.5) is 0 Å². The highest BCUT2D eigenvalue weighted by Crippen LogP contribution is 2.14. The molecule has 1 aromatic rings. The van der Waals surface area contributed by atoms with Gasteiger partial charge in [-0.15, -0.1) is 0 Å². The molecule has 1 aromatic carbocycles. The van der Waals surface area contributed by atoms with Crippen molar-refractivity contribution in [3.8, 4) is 0 Å². The first kappa shape index (κ1) is 36.6. The monoisotopic (exact) mass is 542 g/mol. The zero-order valence-electron chi connectivity index (χ0n) is 25.6. The van der Waals surface area contributed by atoms with E-state index in [1.165, 1.54) is 109 Å². The molecule has 1 rings (SSSR count). The van der Waals surface area contributed by atoms with Crippen molar-refractivity contribution >= 4 is 11.9 Å². The largest absolute Gasteiger partial charge is 0.462 e. The normalized spacial score (nSPS) is 10.3. The molecule has 222 valence electrons. The van der Waals surface area contributed by atoms with Crippen molar-refractivity contribution in [3.63, 3.8) is 0 Å². The molecule has 0 saturated heterocycles. The van der Waals surface area contributed by atoms with Gasteiger partial charge in [-0.2, -0.15) is 0 Å². The van der Waals surface area contributed by atoms with Gasteiger partial charge in [0.15, 0.2) is 0 Å². The molecule has 0 heterocycles. The van der Waals surface area contributed by atoms with Gasteiger partial charge in [-0.3, -0.25) is 0 Å². The smallest absolute Gasteiger partial charge is 0.333 e. The second-order valence-corrected chi connectivity index (χ2v) is 10.8. The molecule has 0 aliphatic carbocycles. The van der Waals surface area contributed by atoms with Gasteiger partial charge in [-0.1, -0.05) is 160 Å². The average molecular weight is 543 g/mol. The van der Waals surface area contributed by atoms with Gasteiger partial charge in [-0.05, 0) is 25.8 Å². The number of hydrogen-bond donors (Lipinski definition) is 0. The standard InChI is InChI=1S/C24H46O2.C11H12O2/c1-4-5-6-7-8-9-10-11-12-13-14-15-16-17-18-19-20-21-22-26-24(25)23(2)3;1-9(2)11(12)13-8-10-6-4-3-5-7-10/h2,4-22H2,1,3H3;3-7H,1,8H2,2H3. The molecule has 4 nitrogen and oxygen atoms in total. The van der Waals surface area contributed by atoms with Crippen molar-refractivity contribution in [2.45, 2.75) is 143 Å². The summed E-state index contributed by atoms with van der Waals surface area (Å²) in [7, 11) is 0. The van der Waals surface area contributed by atoms with Crippen LogP contribution in [-0.2, 0) is 25.7 Å². The fourth-order valence-electron chi connectivity index (χ4n) is 4.14. The Labute approximate surface area is 240 Å². The van der Waals surface area contributed by atoms with Crippen molar-refractivity contribution in [3.05, 3.63) is 60.2 Å². The van der Waals surface area contributed by atoms with E-state index in [1.807, 2.05) is 30.3 Å². The van der Waals surface area contributed by atoms with Crippen LogP contribution >= 0.6 is 0 Å². The van der Waals surface area contributed by atoms with Crippen LogP contribution in [0.25, 0.3) is 0 Å². The van der Waals surface area contributed by atoms with E-state index in [0.717, 1.165) is 12.0 Å². The maximum atomic E-state index is 11.2. The predicted molar refractivity (Wildman–Crippen MR) is 166 cm³/mol. The van der Waals surface area contributed by atoms with E-state index >= 15 is 0 Å². The Kier molecular flexibility index (Phi) is 25.6. The van der Waals surface area contributed by atoms with Gasteiger partial charge in [0.1, 0.15) is 6.61 Å². The number of rotatable bonds is 23. The predicted octanol–water partition coefficient (Wildman–Crippen LogP) is 10.5. The molecule has 0 amide bonds. The molecule has 0 spiro atoms. The minimum Gasteiger partial charge on any atom is -0.462 e. The lowest BCUT2D eigenvalue weighted by molar-refractivity contribution is -0.140. The summed E-state index contributed by atoms with van der Waals surface area (Å²) < 4.78 is 10.0. The van der Waals surface area contributed by atoms with Crippen LogP contribution in [0.5, 0.6) is 0 Å². The Hall–Kier alpha value is -2.36. The fourth-order valence-corrected chi connectivity index (χ4v) is 4.14. The van der Waals surface area contributed by atoms with Gasteiger partial charge in [-0.25, -0.2) is 9.59 Å². The lowest BCUT2D eigenvalue weighted by Gasteiger charge is -2.05. The molecular formula is C35H58O4. The Morgan fingerprint density at radius 3 is 1.31 bits per heavy atom. The zero-order valence-corrected chi connectivity index (χ0v) is 25.6. The van der Waals surface area contributed by atoms with Crippen molar-refractivity contribution < 1.29 is 19.1 Å². The summed E-state index contributed by atoms with van der Waals surface area (Å²) in [4.78, 5) is 22.2. The van der Waals surface area contributed by atoms with E-state index in [4.69, 9.17) is 9.47 Å². The third-order valence-corrected chi connectivity index (χ3v) is 6.64. The summed E-state index contributed by atoms with van der Waals surface area (Å²) in [6, 6.07) is 9.55. The molecule has 0 saturated carbocycles. The van der Waals surface area contributed by atoms with Crippen molar-refractivity contribution in [2.75, 3.05) is 6.61 Å². The molecule has 0 aromatic heterocycles. The molecular weight excluding hydrogens is 484 g/mol. The first-order chi connectivity index (χ1) is 18.9. The number of carbonyl (C=O) groups is 2. The number of carbonyl (C=O) groups excluding carboxylic acids is 2. The summed E-state index contributed by atoms with van der Waals surface area (Å²) >= 11 is 0. The quantitative estimate of drug-likeness (QED) is 0.0784. The van der Waals surface area contributed by atoms with Crippen LogP contribution in [0.15, 0.2) is 54.6 Å². The van der Waals surface area contributed by atoms with Gasteiger partial charge in [0.05, 0.1) is 6.61 Å². The molecule has 0 unspecified atom stereocenters.